The molecule has 122 valence electrons. The molecular formula is C15H22ClN3O2S. The summed E-state index contributed by atoms with van der Waals surface area (Å²) >= 11 is 11.2. The number of rotatable bonds is 7. The highest BCUT2D eigenvalue weighted by Crippen LogP contribution is 2.36. The monoisotopic (exact) mass is 343 g/mol. The molecule has 0 aliphatic heterocycles. The normalized spacial score (nSPS) is 10.8. The highest BCUT2D eigenvalue weighted by Gasteiger charge is 2.12. The van der Waals surface area contributed by atoms with E-state index in [0.29, 0.717) is 40.8 Å². The van der Waals surface area contributed by atoms with E-state index in [-0.39, 0.29) is 0 Å². The van der Waals surface area contributed by atoms with Crippen molar-refractivity contribution in [3.8, 4) is 11.5 Å². The zero-order valence-electron chi connectivity index (χ0n) is 13.3. The highest BCUT2D eigenvalue weighted by atomic mass is 35.5. The molecule has 7 heteroatoms. The summed E-state index contributed by atoms with van der Waals surface area (Å²) in [7, 11) is 1.72. The summed E-state index contributed by atoms with van der Waals surface area (Å²) in [6, 6.07) is 3.60. The Balaban J connectivity index is 2.95. The molecule has 1 aromatic rings. The van der Waals surface area contributed by atoms with Crippen molar-refractivity contribution in [2.75, 3.05) is 20.3 Å². The topological polar surface area (TPSA) is 54.9 Å². The Morgan fingerprint density at radius 3 is 2.73 bits per heavy atom. The summed E-state index contributed by atoms with van der Waals surface area (Å²) in [5.41, 5.74) is 3.47. The zero-order valence-corrected chi connectivity index (χ0v) is 14.8. The number of thiocarbonyl (C=S) groups is 1. The van der Waals surface area contributed by atoms with Crippen LogP contribution in [0.2, 0.25) is 5.02 Å². The van der Waals surface area contributed by atoms with Gasteiger partial charge < -0.3 is 14.8 Å². The average molecular weight is 344 g/mol. The maximum atomic E-state index is 6.30. The fraction of sp³-hybridized carbons (Fsp3) is 0.467. The molecule has 0 heterocycles. The van der Waals surface area contributed by atoms with Gasteiger partial charge in [0.05, 0.1) is 24.5 Å². The fourth-order valence-electron chi connectivity index (χ4n) is 1.54. The molecule has 0 unspecified atom stereocenters. The Kier molecular flexibility index (Phi) is 7.98. The Morgan fingerprint density at radius 1 is 1.41 bits per heavy atom. The van der Waals surface area contributed by atoms with Crippen molar-refractivity contribution in [1.82, 2.24) is 10.7 Å². The second kappa shape index (κ2) is 9.48. The lowest BCUT2D eigenvalue weighted by Crippen LogP contribution is -2.28. The first-order valence-corrected chi connectivity index (χ1v) is 7.86. The van der Waals surface area contributed by atoms with Gasteiger partial charge in [-0.05, 0) is 42.8 Å². The minimum absolute atomic E-state index is 0.401. The molecule has 0 bridgehead atoms. The molecule has 5 nitrogen and oxygen atoms in total. The number of hydrazone groups is 1. The Bertz CT molecular complexity index is 536. The summed E-state index contributed by atoms with van der Waals surface area (Å²) in [6.07, 6.45) is 1.62. The van der Waals surface area contributed by atoms with Crippen LogP contribution >= 0.6 is 23.8 Å². The zero-order chi connectivity index (χ0) is 16.5. The summed E-state index contributed by atoms with van der Waals surface area (Å²) in [5, 5.41) is 7.72. The molecule has 1 aromatic carbocycles. The van der Waals surface area contributed by atoms with Crippen molar-refractivity contribution in [3.63, 3.8) is 0 Å². The van der Waals surface area contributed by atoms with Crippen LogP contribution in [0.5, 0.6) is 11.5 Å². The number of hydrogen-bond acceptors (Lipinski definition) is 4. The molecule has 0 aliphatic carbocycles. The van der Waals surface area contributed by atoms with Crippen LogP contribution < -0.4 is 20.2 Å². The third-order valence-electron chi connectivity index (χ3n) is 2.50. The molecule has 0 spiro atoms. The van der Waals surface area contributed by atoms with Crippen molar-refractivity contribution in [3.05, 3.63) is 22.7 Å². The fourth-order valence-corrected chi connectivity index (χ4v) is 1.86. The van der Waals surface area contributed by atoms with Crippen molar-refractivity contribution < 1.29 is 9.47 Å². The van der Waals surface area contributed by atoms with Gasteiger partial charge in [-0.1, -0.05) is 25.4 Å². The molecule has 0 saturated heterocycles. The maximum absolute atomic E-state index is 6.30. The second-order valence-electron chi connectivity index (χ2n) is 4.92. The third kappa shape index (κ3) is 6.07. The van der Waals surface area contributed by atoms with Gasteiger partial charge in [-0.2, -0.15) is 5.10 Å². The predicted octanol–water partition coefficient (Wildman–Crippen LogP) is 3.20. The number of nitrogens with zero attached hydrogens (tertiary/aromatic N) is 1. The largest absolute Gasteiger partial charge is 0.490 e. The molecule has 0 aliphatic rings. The van der Waals surface area contributed by atoms with E-state index in [4.69, 9.17) is 33.3 Å². The molecule has 0 saturated carbocycles. The van der Waals surface area contributed by atoms with E-state index in [9.17, 15) is 0 Å². The van der Waals surface area contributed by atoms with Gasteiger partial charge in [0.1, 0.15) is 0 Å². The molecule has 0 fully saturated rings. The van der Waals surface area contributed by atoms with Gasteiger partial charge in [0.25, 0.3) is 0 Å². The van der Waals surface area contributed by atoms with Crippen LogP contribution in [-0.2, 0) is 0 Å². The van der Waals surface area contributed by atoms with E-state index in [0.717, 1.165) is 5.56 Å². The highest BCUT2D eigenvalue weighted by molar-refractivity contribution is 7.80. The van der Waals surface area contributed by atoms with E-state index < -0.39 is 0 Å². The van der Waals surface area contributed by atoms with Gasteiger partial charge in [-0.3, -0.25) is 5.43 Å². The van der Waals surface area contributed by atoms with Crippen LogP contribution in [0.4, 0.5) is 0 Å². The average Bonchev–Trinajstić information content (AvgIpc) is 2.46. The summed E-state index contributed by atoms with van der Waals surface area (Å²) in [4.78, 5) is 0. The van der Waals surface area contributed by atoms with E-state index in [1.54, 1.807) is 19.3 Å². The molecule has 0 atom stereocenters. The van der Waals surface area contributed by atoms with Gasteiger partial charge in [-0.15, -0.1) is 0 Å². The van der Waals surface area contributed by atoms with Crippen LogP contribution in [0.15, 0.2) is 17.2 Å². The minimum Gasteiger partial charge on any atom is -0.490 e. The Hall–Kier alpha value is -1.53. The minimum atomic E-state index is 0.401. The lowest BCUT2D eigenvalue weighted by atomic mass is 10.2. The third-order valence-corrected chi connectivity index (χ3v) is 3.08. The van der Waals surface area contributed by atoms with Gasteiger partial charge in [0.2, 0.25) is 0 Å². The number of nitrogens with one attached hydrogen (secondary N) is 2. The molecule has 1 rings (SSSR count). The molecule has 0 aromatic heterocycles. The van der Waals surface area contributed by atoms with Gasteiger partial charge >= 0.3 is 0 Å². The van der Waals surface area contributed by atoms with Crippen molar-refractivity contribution in [2.24, 2.45) is 11.0 Å². The second-order valence-corrected chi connectivity index (χ2v) is 5.73. The van der Waals surface area contributed by atoms with Crippen LogP contribution in [0, 0.1) is 5.92 Å². The number of ether oxygens (including phenoxy) is 2. The van der Waals surface area contributed by atoms with Crippen LogP contribution in [0.3, 0.4) is 0 Å². The first kappa shape index (κ1) is 18.5. The van der Waals surface area contributed by atoms with Crippen molar-refractivity contribution in [1.29, 1.82) is 0 Å². The SMILES string of the molecule is CCOc1cc(/C=N/NC(=S)NC)cc(Cl)c1OCC(C)C. The molecule has 0 radical (unpaired) electrons. The molecule has 0 amide bonds. The lowest BCUT2D eigenvalue weighted by molar-refractivity contribution is 0.248. The smallest absolute Gasteiger partial charge is 0.186 e. The predicted molar refractivity (Wildman–Crippen MR) is 95.3 cm³/mol. The van der Waals surface area contributed by atoms with Gasteiger partial charge in [0.15, 0.2) is 16.6 Å². The Labute approximate surface area is 142 Å². The first-order valence-electron chi connectivity index (χ1n) is 7.07. The van der Waals surface area contributed by atoms with E-state index in [2.05, 4.69) is 29.7 Å². The van der Waals surface area contributed by atoms with Crippen molar-refractivity contribution in [2.45, 2.75) is 20.8 Å². The Morgan fingerprint density at radius 2 is 2.14 bits per heavy atom. The number of hydrogen-bond donors (Lipinski definition) is 2. The van der Waals surface area contributed by atoms with E-state index in [1.807, 2.05) is 13.0 Å². The summed E-state index contributed by atoms with van der Waals surface area (Å²) in [5.74, 6) is 1.57. The molecule has 2 N–H and O–H groups in total. The van der Waals surface area contributed by atoms with Gasteiger partial charge in [-0.25, -0.2) is 0 Å². The molecular weight excluding hydrogens is 322 g/mol. The summed E-state index contributed by atoms with van der Waals surface area (Å²) < 4.78 is 11.4. The number of halogens is 1. The quantitative estimate of drug-likeness (QED) is 0.452. The van der Waals surface area contributed by atoms with Crippen LogP contribution in [-0.4, -0.2) is 31.6 Å². The lowest BCUT2D eigenvalue weighted by Gasteiger charge is -2.15. The standard InChI is InChI=1S/C15H22ClN3O2S/c1-5-20-13-7-11(8-18-19-15(22)17-4)6-12(16)14(13)21-9-10(2)3/h6-8,10H,5,9H2,1-4H3,(H2,17,19,22)/b18-8+. The molecule has 22 heavy (non-hydrogen) atoms. The summed E-state index contributed by atoms with van der Waals surface area (Å²) in [6.45, 7) is 7.16. The van der Waals surface area contributed by atoms with E-state index >= 15 is 0 Å². The first-order chi connectivity index (χ1) is 10.5. The van der Waals surface area contributed by atoms with E-state index in [1.165, 1.54) is 0 Å². The van der Waals surface area contributed by atoms with Gasteiger partial charge in [0, 0.05) is 7.05 Å². The van der Waals surface area contributed by atoms with Crippen LogP contribution in [0.1, 0.15) is 26.3 Å². The van der Waals surface area contributed by atoms with Crippen LogP contribution in [0.25, 0.3) is 0 Å². The van der Waals surface area contributed by atoms with Crippen molar-refractivity contribution >= 4 is 35.1 Å². The maximum Gasteiger partial charge on any atom is 0.186 e. The number of benzene rings is 1.